The van der Waals surface area contributed by atoms with Crippen LogP contribution in [0.3, 0.4) is 0 Å². The van der Waals surface area contributed by atoms with E-state index < -0.39 is 11.7 Å². The molecule has 2 aromatic rings. The molecule has 106 valence electrons. The number of carbonyl (C=O) groups is 1. The molecule has 0 bridgehead atoms. The Labute approximate surface area is 126 Å². The molecule has 0 aliphatic heterocycles. The van der Waals surface area contributed by atoms with Gasteiger partial charge in [-0.05, 0) is 36.4 Å². The summed E-state index contributed by atoms with van der Waals surface area (Å²) in [7, 11) is 0. The fraction of sp³-hybridized carbons (Fsp3) is 0.0625. The zero-order valence-electron chi connectivity index (χ0n) is 11.0. The van der Waals surface area contributed by atoms with Crippen LogP contribution >= 0.6 is 11.6 Å². The van der Waals surface area contributed by atoms with Crippen LogP contribution in [-0.4, -0.2) is 12.5 Å². The Morgan fingerprint density at radius 1 is 1.29 bits per heavy atom. The summed E-state index contributed by atoms with van der Waals surface area (Å²) in [6.07, 6.45) is 0. The first-order valence-electron chi connectivity index (χ1n) is 6.15. The maximum absolute atomic E-state index is 13.3. The summed E-state index contributed by atoms with van der Waals surface area (Å²) >= 11 is 5.58. The van der Waals surface area contributed by atoms with Crippen LogP contribution in [0.25, 0.3) is 0 Å². The second-order valence-electron chi connectivity index (χ2n) is 4.17. The third-order valence-electron chi connectivity index (χ3n) is 2.64. The minimum atomic E-state index is -0.633. The number of anilines is 1. The maximum atomic E-state index is 13.3. The topological polar surface area (TPSA) is 55.1 Å². The normalized spacial score (nSPS) is 9.67. The Bertz CT molecular complexity index is 735. The molecule has 0 saturated heterocycles. The highest BCUT2D eigenvalue weighted by atomic mass is 35.5. The molecule has 3 nitrogen and oxygen atoms in total. The fourth-order valence-electron chi connectivity index (χ4n) is 1.67. The van der Waals surface area contributed by atoms with Gasteiger partial charge in [-0.1, -0.05) is 29.5 Å². The second-order valence-corrected chi connectivity index (χ2v) is 4.58. The molecular formula is C16H12ClFN2O. The van der Waals surface area contributed by atoms with Crippen LogP contribution in [0.2, 0.25) is 5.02 Å². The summed E-state index contributed by atoms with van der Waals surface area (Å²) in [4.78, 5) is 12.0. The Kier molecular flexibility index (Phi) is 4.94. The predicted octanol–water partition coefficient (Wildman–Crippen LogP) is 3.04. The molecule has 0 radical (unpaired) electrons. The largest absolute Gasteiger partial charge is 0.322 e. The van der Waals surface area contributed by atoms with Crippen LogP contribution in [0.15, 0.2) is 42.5 Å². The minimum absolute atomic E-state index is 0.0226. The first kappa shape index (κ1) is 15.0. The number of hydrogen-bond acceptors (Lipinski definition) is 2. The van der Waals surface area contributed by atoms with E-state index in [9.17, 15) is 9.18 Å². The minimum Gasteiger partial charge on any atom is -0.322 e. The van der Waals surface area contributed by atoms with Crippen LogP contribution in [0.4, 0.5) is 10.1 Å². The van der Waals surface area contributed by atoms with E-state index in [1.165, 1.54) is 12.1 Å². The SMILES string of the molecule is NCC#Cc1cccc(NC(=O)c2ccc(Cl)c(F)c2)c1. The van der Waals surface area contributed by atoms with Crippen LogP contribution in [0.1, 0.15) is 15.9 Å². The lowest BCUT2D eigenvalue weighted by Gasteiger charge is -2.06. The standard InChI is InChI=1S/C16H12ClFN2O/c17-14-7-6-12(10-15(14)18)16(21)20-13-5-1-3-11(9-13)4-2-8-19/h1,3,5-7,9-10H,8,19H2,(H,20,21). The number of rotatable bonds is 2. The van der Waals surface area contributed by atoms with Gasteiger partial charge in [0.1, 0.15) is 5.82 Å². The van der Waals surface area contributed by atoms with Crippen LogP contribution < -0.4 is 11.1 Å². The predicted molar refractivity (Wildman–Crippen MR) is 81.7 cm³/mol. The van der Waals surface area contributed by atoms with Gasteiger partial charge in [0, 0.05) is 16.8 Å². The number of carbonyl (C=O) groups excluding carboxylic acids is 1. The van der Waals surface area contributed by atoms with Gasteiger partial charge in [0.15, 0.2) is 0 Å². The van der Waals surface area contributed by atoms with Crippen molar-refractivity contribution in [2.45, 2.75) is 0 Å². The highest BCUT2D eigenvalue weighted by Gasteiger charge is 2.09. The van der Waals surface area contributed by atoms with E-state index in [1.807, 2.05) is 0 Å². The molecule has 3 N–H and O–H groups in total. The highest BCUT2D eigenvalue weighted by molar-refractivity contribution is 6.30. The first-order valence-corrected chi connectivity index (χ1v) is 6.53. The molecule has 0 aromatic heterocycles. The van der Waals surface area contributed by atoms with Crippen molar-refractivity contribution in [2.75, 3.05) is 11.9 Å². The Hall–Kier alpha value is -2.35. The van der Waals surface area contributed by atoms with Crippen molar-refractivity contribution in [2.24, 2.45) is 5.73 Å². The molecule has 0 unspecified atom stereocenters. The molecule has 21 heavy (non-hydrogen) atoms. The van der Waals surface area contributed by atoms with Crippen molar-refractivity contribution in [1.29, 1.82) is 0 Å². The molecule has 1 amide bonds. The first-order chi connectivity index (χ1) is 10.1. The number of amides is 1. The lowest BCUT2D eigenvalue weighted by Crippen LogP contribution is -2.12. The smallest absolute Gasteiger partial charge is 0.255 e. The Morgan fingerprint density at radius 2 is 2.10 bits per heavy atom. The third-order valence-corrected chi connectivity index (χ3v) is 2.94. The van der Waals surface area contributed by atoms with E-state index >= 15 is 0 Å². The van der Waals surface area contributed by atoms with Gasteiger partial charge in [-0.2, -0.15) is 0 Å². The van der Waals surface area contributed by atoms with E-state index in [-0.39, 0.29) is 17.1 Å². The van der Waals surface area contributed by atoms with E-state index in [2.05, 4.69) is 17.2 Å². The summed E-state index contributed by atoms with van der Waals surface area (Å²) in [6.45, 7) is 0.265. The van der Waals surface area contributed by atoms with Crippen molar-refractivity contribution in [3.63, 3.8) is 0 Å². The molecule has 0 aliphatic rings. The van der Waals surface area contributed by atoms with Crippen molar-refractivity contribution in [1.82, 2.24) is 0 Å². The quantitative estimate of drug-likeness (QED) is 0.838. The number of benzene rings is 2. The summed E-state index contributed by atoms with van der Waals surface area (Å²) in [5, 5.41) is 2.65. The van der Waals surface area contributed by atoms with Crippen molar-refractivity contribution in [3.8, 4) is 11.8 Å². The van der Waals surface area contributed by atoms with Crippen molar-refractivity contribution in [3.05, 3.63) is 64.4 Å². The van der Waals surface area contributed by atoms with Crippen molar-refractivity contribution >= 4 is 23.2 Å². The average Bonchev–Trinajstić information content (AvgIpc) is 2.48. The zero-order chi connectivity index (χ0) is 15.2. The van der Waals surface area contributed by atoms with E-state index in [0.29, 0.717) is 5.69 Å². The lowest BCUT2D eigenvalue weighted by atomic mass is 10.1. The molecule has 0 spiro atoms. The van der Waals surface area contributed by atoms with Crippen LogP contribution in [-0.2, 0) is 0 Å². The van der Waals surface area contributed by atoms with Gasteiger partial charge < -0.3 is 11.1 Å². The summed E-state index contributed by atoms with van der Waals surface area (Å²) < 4.78 is 13.3. The average molecular weight is 303 g/mol. The number of hydrogen-bond donors (Lipinski definition) is 2. The van der Waals surface area contributed by atoms with Crippen LogP contribution in [0, 0.1) is 17.7 Å². The number of halogens is 2. The summed E-state index contributed by atoms with van der Waals surface area (Å²) in [5.74, 6) is 4.55. The highest BCUT2D eigenvalue weighted by Crippen LogP contribution is 2.17. The van der Waals surface area contributed by atoms with Crippen LogP contribution in [0.5, 0.6) is 0 Å². The van der Waals surface area contributed by atoms with Gasteiger partial charge in [0.05, 0.1) is 11.6 Å². The molecule has 2 rings (SSSR count). The van der Waals surface area contributed by atoms with Gasteiger partial charge in [0.2, 0.25) is 0 Å². The molecular weight excluding hydrogens is 291 g/mol. The molecule has 0 atom stereocenters. The molecule has 2 aromatic carbocycles. The summed E-state index contributed by atoms with van der Waals surface area (Å²) in [6, 6.07) is 10.9. The van der Waals surface area contributed by atoms with Gasteiger partial charge in [-0.25, -0.2) is 4.39 Å². The van der Waals surface area contributed by atoms with Gasteiger partial charge in [-0.15, -0.1) is 0 Å². The van der Waals surface area contributed by atoms with Gasteiger partial charge in [-0.3, -0.25) is 4.79 Å². The lowest BCUT2D eigenvalue weighted by molar-refractivity contribution is 0.102. The number of nitrogens with two attached hydrogens (primary N) is 1. The van der Waals surface area contributed by atoms with Gasteiger partial charge in [0.25, 0.3) is 5.91 Å². The van der Waals surface area contributed by atoms with E-state index in [4.69, 9.17) is 17.3 Å². The van der Waals surface area contributed by atoms with Gasteiger partial charge >= 0.3 is 0 Å². The fourth-order valence-corrected chi connectivity index (χ4v) is 1.79. The molecule has 0 saturated carbocycles. The zero-order valence-corrected chi connectivity index (χ0v) is 11.7. The second kappa shape index (κ2) is 6.89. The van der Waals surface area contributed by atoms with E-state index in [1.54, 1.807) is 24.3 Å². The Balaban J connectivity index is 2.17. The summed E-state index contributed by atoms with van der Waals surface area (Å²) in [5.41, 5.74) is 6.80. The third kappa shape index (κ3) is 4.06. The number of nitrogens with one attached hydrogen (secondary N) is 1. The molecule has 5 heteroatoms. The van der Waals surface area contributed by atoms with E-state index in [0.717, 1.165) is 11.6 Å². The molecule has 0 aliphatic carbocycles. The van der Waals surface area contributed by atoms with Crippen molar-refractivity contribution < 1.29 is 9.18 Å². The molecule has 0 fully saturated rings. The molecule has 0 heterocycles. The maximum Gasteiger partial charge on any atom is 0.255 e. The monoisotopic (exact) mass is 302 g/mol. The Morgan fingerprint density at radius 3 is 2.81 bits per heavy atom.